The van der Waals surface area contributed by atoms with Crippen molar-refractivity contribution in [2.45, 2.75) is 13.5 Å². The van der Waals surface area contributed by atoms with Crippen molar-refractivity contribution in [3.05, 3.63) is 53.6 Å². The van der Waals surface area contributed by atoms with Crippen LogP contribution in [0.2, 0.25) is 0 Å². The van der Waals surface area contributed by atoms with Crippen molar-refractivity contribution in [1.82, 2.24) is 15.6 Å². The fourth-order valence-electron chi connectivity index (χ4n) is 2.35. The summed E-state index contributed by atoms with van der Waals surface area (Å²) in [5.74, 6) is 1.48. The Labute approximate surface area is 166 Å². The molecule has 0 saturated heterocycles. The first-order valence-corrected chi connectivity index (χ1v) is 9.64. The van der Waals surface area contributed by atoms with Crippen LogP contribution in [0.15, 0.2) is 57.3 Å². The van der Waals surface area contributed by atoms with E-state index in [0.29, 0.717) is 47.9 Å². The van der Waals surface area contributed by atoms with Crippen LogP contribution in [0.3, 0.4) is 0 Å². The molecule has 146 valence electrons. The average Bonchev–Trinajstić information content (AvgIpc) is 3.34. The number of hydrogen-bond donors (Lipinski definition) is 4. The summed E-state index contributed by atoms with van der Waals surface area (Å²) in [7, 11) is 0. The molecule has 5 N–H and O–H groups in total. The smallest absolute Gasteiger partial charge is 0.217 e. The molecule has 0 atom stereocenters. The summed E-state index contributed by atoms with van der Waals surface area (Å²) in [5.41, 5.74) is 7.65. The summed E-state index contributed by atoms with van der Waals surface area (Å²) in [5, 5.41) is 11.4. The lowest BCUT2D eigenvalue weighted by molar-refractivity contribution is -0.119. The number of aliphatic imine (C=N–C) groups is 1. The van der Waals surface area contributed by atoms with E-state index in [9.17, 15) is 4.79 Å². The van der Waals surface area contributed by atoms with Gasteiger partial charge in [0.05, 0.1) is 6.54 Å². The van der Waals surface area contributed by atoms with E-state index in [2.05, 4.69) is 25.9 Å². The lowest BCUT2D eigenvalue weighted by Gasteiger charge is -2.07. The van der Waals surface area contributed by atoms with E-state index in [-0.39, 0.29) is 5.91 Å². The minimum Gasteiger partial charge on any atom is -0.458 e. The predicted octanol–water partition coefficient (Wildman–Crippen LogP) is 2.69. The van der Waals surface area contributed by atoms with Crippen LogP contribution in [0.4, 0.5) is 10.8 Å². The molecule has 0 radical (unpaired) electrons. The van der Waals surface area contributed by atoms with Crippen LogP contribution >= 0.6 is 11.3 Å². The Morgan fingerprint density at radius 3 is 2.79 bits per heavy atom. The zero-order valence-electron chi connectivity index (χ0n) is 15.4. The van der Waals surface area contributed by atoms with E-state index < -0.39 is 0 Å². The lowest BCUT2D eigenvalue weighted by Crippen LogP contribution is -2.34. The number of guanidine groups is 1. The van der Waals surface area contributed by atoms with Gasteiger partial charge in [-0.2, -0.15) is 4.99 Å². The van der Waals surface area contributed by atoms with Gasteiger partial charge in [-0.1, -0.05) is 18.2 Å². The summed E-state index contributed by atoms with van der Waals surface area (Å²) >= 11 is 1.37. The van der Waals surface area contributed by atoms with Crippen LogP contribution < -0.4 is 21.7 Å². The van der Waals surface area contributed by atoms with E-state index in [1.54, 1.807) is 0 Å². The summed E-state index contributed by atoms with van der Waals surface area (Å²) < 4.78 is 5.69. The molecule has 0 spiro atoms. The molecule has 3 aromatic rings. The van der Waals surface area contributed by atoms with Crippen molar-refractivity contribution in [3.8, 4) is 11.5 Å². The maximum atomic E-state index is 11.0. The number of carbonyl (C=O) groups excluding carboxylic acids is 1. The lowest BCUT2D eigenvalue weighted by atomic mass is 10.3. The number of anilines is 1. The molecule has 1 aromatic carbocycles. The molecule has 0 unspecified atom stereocenters. The van der Waals surface area contributed by atoms with Crippen LogP contribution in [0.1, 0.15) is 12.7 Å². The molecule has 3 rings (SSSR count). The molecule has 0 fully saturated rings. The Hall–Kier alpha value is -3.33. The number of thiazole rings is 1. The fraction of sp³-hybridized carbons (Fsp3) is 0.211. The van der Waals surface area contributed by atoms with Gasteiger partial charge in [0.15, 0.2) is 11.7 Å². The minimum atomic E-state index is -0.106. The van der Waals surface area contributed by atoms with Gasteiger partial charge in [0.25, 0.3) is 0 Å². The first-order chi connectivity index (χ1) is 13.6. The Balaban J connectivity index is 1.49. The third-order valence-electron chi connectivity index (χ3n) is 3.67. The second-order valence-corrected chi connectivity index (χ2v) is 6.74. The summed E-state index contributed by atoms with van der Waals surface area (Å²) in [6.07, 6.45) is 0. The van der Waals surface area contributed by atoms with Gasteiger partial charge in [0.1, 0.15) is 11.5 Å². The van der Waals surface area contributed by atoms with Gasteiger partial charge < -0.3 is 26.1 Å². The molecule has 1 amide bonds. The largest absolute Gasteiger partial charge is 0.458 e. The van der Waals surface area contributed by atoms with Crippen LogP contribution in [-0.2, 0) is 11.3 Å². The van der Waals surface area contributed by atoms with Crippen LogP contribution in [-0.4, -0.2) is 29.9 Å². The van der Waals surface area contributed by atoms with E-state index in [1.807, 2.05) is 47.8 Å². The number of nitrogens with zero attached hydrogens (tertiary/aromatic N) is 2. The molecule has 0 aliphatic heterocycles. The first kappa shape index (κ1) is 19.4. The summed E-state index contributed by atoms with van der Waals surface area (Å²) in [6.45, 7) is 3.16. The van der Waals surface area contributed by atoms with Gasteiger partial charge in [-0.3, -0.25) is 4.79 Å². The van der Waals surface area contributed by atoms with Gasteiger partial charge >= 0.3 is 0 Å². The monoisotopic (exact) mass is 398 g/mol. The third-order valence-corrected chi connectivity index (χ3v) is 4.40. The SMILES string of the molecule is CC(=O)NCc1ccc(-c2csc(/N=C(\N)NCCNc3ccccc3)n2)o1. The van der Waals surface area contributed by atoms with Gasteiger partial charge in [0.2, 0.25) is 11.0 Å². The van der Waals surface area contributed by atoms with Crippen molar-refractivity contribution in [3.63, 3.8) is 0 Å². The molecular formula is C19H22N6O2S. The number of benzene rings is 1. The molecule has 2 aromatic heterocycles. The number of hydrogen-bond acceptors (Lipinski definition) is 6. The second-order valence-electron chi connectivity index (χ2n) is 5.91. The van der Waals surface area contributed by atoms with Gasteiger partial charge in [-0.05, 0) is 24.3 Å². The molecule has 28 heavy (non-hydrogen) atoms. The highest BCUT2D eigenvalue weighted by Crippen LogP contribution is 2.28. The third kappa shape index (κ3) is 5.85. The number of furan rings is 1. The Morgan fingerprint density at radius 2 is 2.00 bits per heavy atom. The molecule has 2 heterocycles. The number of nitrogens with one attached hydrogen (secondary N) is 3. The van der Waals surface area contributed by atoms with Crippen molar-refractivity contribution in [2.75, 3.05) is 18.4 Å². The normalized spacial score (nSPS) is 11.2. The Bertz CT molecular complexity index is 935. The zero-order chi connectivity index (χ0) is 19.8. The highest BCUT2D eigenvalue weighted by Gasteiger charge is 2.09. The van der Waals surface area contributed by atoms with Gasteiger partial charge in [0, 0.05) is 31.1 Å². The highest BCUT2D eigenvalue weighted by atomic mass is 32.1. The highest BCUT2D eigenvalue weighted by molar-refractivity contribution is 7.13. The second kappa shape index (κ2) is 9.56. The van der Waals surface area contributed by atoms with Crippen molar-refractivity contribution in [2.24, 2.45) is 10.7 Å². The molecule has 0 aliphatic rings. The molecule has 0 saturated carbocycles. The van der Waals surface area contributed by atoms with Crippen molar-refractivity contribution < 1.29 is 9.21 Å². The number of para-hydroxylation sites is 1. The van der Waals surface area contributed by atoms with Gasteiger partial charge in [-0.15, -0.1) is 11.3 Å². The standard InChI is InChI=1S/C19H22N6O2S/c1-13(26)23-11-15-7-8-17(27-15)16-12-28-19(24-16)25-18(20)22-10-9-21-14-5-3-2-4-6-14/h2-8,12,21H,9-11H2,1H3,(H,23,26)(H3,20,22,24,25). The average molecular weight is 398 g/mol. The number of amides is 1. The molecule has 0 bridgehead atoms. The van der Waals surface area contributed by atoms with Crippen LogP contribution in [0.5, 0.6) is 0 Å². The summed E-state index contributed by atoms with van der Waals surface area (Å²) in [6, 6.07) is 13.6. The molecule has 8 nitrogen and oxygen atoms in total. The number of carbonyl (C=O) groups is 1. The number of nitrogens with two attached hydrogens (primary N) is 1. The van der Waals surface area contributed by atoms with E-state index in [4.69, 9.17) is 10.2 Å². The quantitative estimate of drug-likeness (QED) is 0.263. The number of rotatable bonds is 8. The maximum absolute atomic E-state index is 11.0. The predicted molar refractivity (Wildman–Crippen MR) is 112 cm³/mol. The fourth-order valence-corrected chi connectivity index (χ4v) is 3.03. The molecular weight excluding hydrogens is 376 g/mol. The van der Waals surface area contributed by atoms with Crippen molar-refractivity contribution >= 4 is 34.0 Å². The van der Waals surface area contributed by atoms with Crippen molar-refractivity contribution in [1.29, 1.82) is 0 Å². The van der Waals surface area contributed by atoms with Gasteiger partial charge in [-0.25, -0.2) is 4.98 Å². The Kier molecular flexibility index (Phi) is 6.64. The van der Waals surface area contributed by atoms with E-state index in [0.717, 1.165) is 5.69 Å². The molecule has 0 aliphatic carbocycles. The van der Waals surface area contributed by atoms with Crippen LogP contribution in [0.25, 0.3) is 11.5 Å². The minimum absolute atomic E-state index is 0.106. The van der Waals surface area contributed by atoms with E-state index >= 15 is 0 Å². The van der Waals surface area contributed by atoms with E-state index in [1.165, 1.54) is 18.3 Å². The summed E-state index contributed by atoms with van der Waals surface area (Å²) in [4.78, 5) is 19.7. The molecule has 9 heteroatoms. The van der Waals surface area contributed by atoms with Crippen LogP contribution in [0, 0.1) is 0 Å². The number of aromatic nitrogens is 1. The topological polar surface area (TPSA) is 118 Å². The first-order valence-electron chi connectivity index (χ1n) is 8.76. The Morgan fingerprint density at radius 1 is 1.18 bits per heavy atom. The maximum Gasteiger partial charge on any atom is 0.217 e. The zero-order valence-corrected chi connectivity index (χ0v) is 16.3.